The van der Waals surface area contributed by atoms with Gasteiger partial charge in [0.15, 0.2) is 0 Å². The van der Waals surface area contributed by atoms with Gasteiger partial charge in [0, 0.05) is 31.2 Å². The van der Waals surface area contributed by atoms with Gasteiger partial charge in [-0.15, -0.1) is 0 Å². The molecule has 2 rings (SSSR count). The lowest BCUT2D eigenvalue weighted by Crippen LogP contribution is -2.56. The number of amides is 1. The van der Waals surface area contributed by atoms with E-state index in [9.17, 15) is 4.79 Å². The molecule has 110 valence electrons. The van der Waals surface area contributed by atoms with Crippen molar-refractivity contribution < 1.29 is 14.3 Å². The molecule has 2 saturated heterocycles. The predicted molar refractivity (Wildman–Crippen MR) is 71.8 cm³/mol. The van der Waals surface area contributed by atoms with Crippen LogP contribution in [0.4, 0.5) is 0 Å². The maximum Gasteiger partial charge on any atom is 0.227 e. The molecule has 6 nitrogen and oxygen atoms in total. The summed E-state index contributed by atoms with van der Waals surface area (Å²) in [6, 6.07) is -0.175. The second kappa shape index (κ2) is 6.17. The third-order valence-corrected chi connectivity index (χ3v) is 4.02. The van der Waals surface area contributed by atoms with E-state index in [1.807, 2.05) is 0 Å². The molecule has 0 aromatic rings. The van der Waals surface area contributed by atoms with Crippen LogP contribution in [-0.2, 0) is 14.3 Å². The molecule has 2 unspecified atom stereocenters. The fraction of sp³-hybridized carbons (Fsp3) is 0.923. The van der Waals surface area contributed by atoms with Crippen molar-refractivity contribution >= 4 is 5.91 Å². The molecule has 2 fully saturated rings. The van der Waals surface area contributed by atoms with Crippen LogP contribution < -0.4 is 11.1 Å². The highest BCUT2D eigenvalue weighted by Crippen LogP contribution is 2.16. The van der Waals surface area contributed by atoms with Crippen LogP contribution in [0.15, 0.2) is 0 Å². The van der Waals surface area contributed by atoms with Gasteiger partial charge in [0.25, 0.3) is 0 Å². The average molecular weight is 271 g/mol. The normalized spacial score (nSPS) is 29.4. The molecule has 19 heavy (non-hydrogen) atoms. The summed E-state index contributed by atoms with van der Waals surface area (Å²) in [6.07, 6.45) is 0. The molecule has 2 atom stereocenters. The third-order valence-electron chi connectivity index (χ3n) is 4.02. The van der Waals surface area contributed by atoms with Gasteiger partial charge in [0.05, 0.1) is 32.3 Å². The minimum absolute atomic E-state index is 0.00587. The molecule has 2 heterocycles. The van der Waals surface area contributed by atoms with Gasteiger partial charge in [-0.1, -0.05) is 0 Å². The first-order chi connectivity index (χ1) is 9.00. The number of hydrogen-bond acceptors (Lipinski definition) is 5. The van der Waals surface area contributed by atoms with E-state index in [4.69, 9.17) is 15.2 Å². The molecule has 0 aromatic carbocycles. The van der Waals surface area contributed by atoms with Gasteiger partial charge in [0.1, 0.15) is 0 Å². The van der Waals surface area contributed by atoms with Crippen molar-refractivity contribution in [2.75, 3.05) is 46.1 Å². The quantitative estimate of drug-likeness (QED) is 0.699. The van der Waals surface area contributed by atoms with Crippen LogP contribution in [-0.4, -0.2) is 68.4 Å². The van der Waals surface area contributed by atoms with Gasteiger partial charge in [-0.05, 0) is 13.8 Å². The van der Waals surface area contributed by atoms with E-state index in [1.54, 1.807) is 0 Å². The number of nitrogens with two attached hydrogens (primary N) is 1. The van der Waals surface area contributed by atoms with Crippen LogP contribution in [0, 0.1) is 5.92 Å². The number of nitrogens with one attached hydrogen (secondary N) is 1. The molecule has 0 aromatic heterocycles. The molecule has 0 radical (unpaired) electrons. The molecule has 2 aliphatic heterocycles. The smallest absolute Gasteiger partial charge is 0.227 e. The summed E-state index contributed by atoms with van der Waals surface area (Å²) in [4.78, 5) is 14.4. The van der Waals surface area contributed by atoms with E-state index in [2.05, 4.69) is 24.1 Å². The van der Waals surface area contributed by atoms with Crippen LogP contribution in [0.5, 0.6) is 0 Å². The summed E-state index contributed by atoms with van der Waals surface area (Å²) in [5, 5.41) is 3.01. The van der Waals surface area contributed by atoms with Crippen molar-refractivity contribution in [1.82, 2.24) is 10.2 Å². The van der Waals surface area contributed by atoms with E-state index in [0.717, 1.165) is 26.3 Å². The van der Waals surface area contributed by atoms with Crippen molar-refractivity contribution in [3.05, 3.63) is 0 Å². The third kappa shape index (κ3) is 3.66. The van der Waals surface area contributed by atoms with E-state index in [0.29, 0.717) is 19.8 Å². The molecule has 3 N–H and O–H groups in total. The first-order valence-corrected chi connectivity index (χ1v) is 6.94. The van der Waals surface area contributed by atoms with Crippen LogP contribution >= 0.6 is 0 Å². The summed E-state index contributed by atoms with van der Waals surface area (Å²) in [5.41, 5.74) is 5.78. The molecule has 6 heteroatoms. The summed E-state index contributed by atoms with van der Waals surface area (Å²) in [5.74, 6) is -0.202. The molecular weight excluding hydrogens is 246 g/mol. The van der Waals surface area contributed by atoms with E-state index in [-0.39, 0.29) is 23.4 Å². The number of morpholine rings is 1. The first-order valence-electron chi connectivity index (χ1n) is 6.94. The highest BCUT2D eigenvalue weighted by molar-refractivity contribution is 5.79. The Balaban J connectivity index is 1.81. The zero-order valence-electron chi connectivity index (χ0n) is 11.9. The number of carbonyl (C=O) groups is 1. The van der Waals surface area contributed by atoms with Crippen molar-refractivity contribution in [1.29, 1.82) is 0 Å². The SMILES string of the molecule is CC(C)(CNC(=O)C1COCC1N)N1CCOCC1. The number of ether oxygens (including phenoxy) is 2. The summed E-state index contributed by atoms with van der Waals surface area (Å²) in [6.45, 7) is 9.17. The van der Waals surface area contributed by atoms with Crippen LogP contribution in [0.1, 0.15) is 13.8 Å². The van der Waals surface area contributed by atoms with Gasteiger partial charge in [0.2, 0.25) is 5.91 Å². The van der Waals surface area contributed by atoms with Gasteiger partial charge >= 0.3 is 0 Å². The van der Waals surface area contributed by atoms with Crippen LogP contribution in [0.3, 0.4) is 0 Å². The Bertz CT molecular complexity index is 316. The first kappa shape index (κ1) is 14.7. The molecule has 0 saturated carbocycles. The second-order valence-electron chi connectivity index (χ2n) is 5.94. The Labute approximate surface area is 114 Å². The van der Waals surface area contributed by atoms with Crippen molar-refractivity contribution in [2.24, 2.45) is 11.7 Å². The summed E-state index contributed by atoms with van der Waals surface area (Å²) >= 11 is 0. The highest BCUT2D eigenvalue weighted by atomic mass is 16.5. The largest absolute Gasteiger partial charge is 0.379 e. The van der Waals surface area contributed by atoms with E-state index in [1.165, 1.54) is 0 Å². The molecule has 0 spiro atoms. The number of hydrogen-bond donors (Lipinski definition) is 2. The number of carbonyl (C=O) groups excluding carboxylic acids is 1. The van der Waals surface area contributed by atoms with Gasteiger partial charge in [-0.25, -0.2) is 0 Å². The maximum atomic E-state index is 12.1. The maximum absolute atomic E-state index is 12.1. The Hall–Kier alpha value is -0.690. The van der Waals surface area contributed by atoms with Crippen molar-refractivity contribution in [2.45, 2.75) is 25.4 Å². The molecular formula is C13H25N3O3. The van der Waals surface area contributed by atoms with Crippen LogP contribution in [0.25, 0.3) is 0 Å². The second-order valence-corrected chi connectivity index (χ2v) is 5.94. The molecule has 1 amide bonds. The lowest BCUT2D eigenvalue weighted by atomic mass is 10.00. The zero-order chi connectivity index (χ0) is 13.9. The Morgan fingerprint density at radius 2 is 2.00 bits per heavy atom. The fourth-order valence-corrected chi connectivity index (χ4v) is 2.56. The van der Waals surface area contributed by atoms with Crippen molar-refractivity contribution in [3.63, 3.8) is 0 Å². The molecule has 0 aliphatic carbocycles. The standard InChI is InChI=1S/C13H25N3O3/c1-13(2,16-3-5-18-6-4-16)9-15-12(17)10-7-19-8-11(10)14/h10-11H,3-9,14H2,1-2H3,(H,15,17). The van der Waals surface area contributed by atoms with E-state index >= 15 is 0 Å². The van der Waals surface area contributed by atoms with E-state index < -0.39 is 0 Å². The highest BCUT2D eigenvalue weighted by Gasteiger charge is 2.33. The topological polar surface area (TPSA) is 76.8 Å². The molecule has 2 aliphatic rings. The Kier molecular flexibility index (Phi) is 4.78. The number of rotatable bonds is 4. The minimum Gasteiger partial charge on any atom is -0.379 e. The van der Waals surface area contributed by atoms with Gasteiger partial charge in [-0.3, -0.25) is 9.69 Å². The average Bonchev–Trinajstić information content (AvgIpc) is 2.83. The minimum atomic E-state index is -0.208. The van der Waals surface area contributed by atoms with Crippen LogP contribution in [0.2, 0.25) is 0 Å². The lowest BCUT2D eigenvalue weighted by Gasteiger charge is -2.41. The Morgan fingerprint density at radius 3 is 2.58 bits per heavy atom. The Morgan fingerprint density at radius 1 is 1.32 bits per heavy atom. The predicted octanol–water partition coefficient (Wildman–Crippen LogP) is -0.813. The van der Waals surface area contributed by atoms with Crippen molar-refractivity contribution in [3.8, 4) is 0 Å². The fourth-order valence-electron chi connectivity index (χ4n) is 2.56. The van der Waals surface area contributed by atoms with Gasteiger partial charge in [-0.2, -0.15) is 0 Å². The molecule has 0 bridgehead atoms. The number of nitrogens with zero attached hydrogens (tertiary/aromatic N) is 1. The lowest BCUT2D eigenvalue weighted by molar-refractivity contribution is -0.126. The zero-order valence-corrected chi connectivity index (χ0v) is 11.9. The monoisotopic (exact) mass is 271 g/mol. The van der Waals surface area contributed by atoms with Gasteiger partial charge < -0.3 is 20.5 Å². The summed E-state index contributed by atoms with van der Waals surface area (Å²) < 4.78 is 10.6. The summed E-state index contributed by atoms with van der Waals surface area (Å²) in [7, 11) is 0.